The van der Waals surface area contributed by atoms with Crippen LogP contribution in [0.25, 0.3) is 10.9 Å². The van der Waals surface area contributed by atoms with Gasteiger partial charge in [0.2, 0.25) is 0 Å². The van der Waals surface area contributed by atoms with Crippen LogP contribution in [0, 0.1) is 0 Å². The molecule has 3 heteroatoms. The lowest BCUT2D eigenvalue weighted by Gasteiger charge is -2.14. The van der Waals surface area contributed by atoms with Crippen molar-refractivity contribution in [2.24, 2.45) is 5.73 Å². The van der Waals surface area contributed by atoms with Crippen molar-refractivity contribution < 1.29 is 4.74 Å². The van der Waals surface area contributed by atoms with E-state index in [2.05, 4.69) is 17.1 Å². The van der Waals surface area contributed by atoms with Crippen LogP contribution in [0.5, 0.6) is 0 Å². The van der Waals surface area contributed by atoms with Crippen LogP contribution in [-0.2, 0) is 4.74 Å². The second-order valence-corrected chi connectivity index (χ2v) is 4.16. The van der Waals surface area contributed by atoms with Gasteiger partial charge in [-0.05, 0) is 30.5 Å². The molecule has 0 amide bonds. The van der Waals surface area contributed by atoms with Crippen LogP contribution in [0.4, 0.5) is 0 Å². The fourth-order valence-corrected chi connectivity index (χ4v) is 2.05. The molecule has 1 heterocycles. The van der Waals surface area contributed by atoms with Gasteiger partial charge in [0.15, 0.2) is 0 Å². The molecule has 0 bridgehead atoms. The van der Waals surface area contributed by atoms with E-state index in [1.165, 1.54) is 5.56 Å². The van der Waals surface area contributed by atoms with Crippen molar-refractivity contribution in [3.63, 3.8) is 0 Å². The molecule has 0 aliphatic rings. The Hall–Kier alpha value is -1.45. The number of methoxy groups -OCH3 is 1. The summed E-state index contributed by atoms with van der Waals surface area (Å²) in [6.45, 7) is 0.761. The minimum Gasteiger partial charge on any atom is -0.385 e. The van der Waals surface area contributed by atoms with E-state index >= 15 is 0 Å². The molecule has 0 aliphatic heterocycles. The lowest BCUT2D eigenvalue weighted by Crippen LogP contribution is -2.11. The Morgan fingerprint density at radius 3 is 3.00 bits per heavy atom. The topological polar surface area (TPSA) is 48.1 Å². The summed E-state index contributed by atoms with van der Waals surface area (Å²) in [4.78, 5) is 4.34. The third kappa shape index (κ3) is 2.81. The maximum Gasteiger partial charge on any atom is 0.0705 e. The van der Waals surface area contributed by atoms with Crippen molar-refractivity contribution in [1.82, 2.24) is 4.98 Å². The van der Waals surface area contributed by atoms with E-state index in [-0.39, 0.29) is 6.04 Å². The summed E-state index contributed by atoms with van der Waals surface area (Å²) in [5, 5.41) is 1.15. The highest BCUT2D eigenvalue weighted by molar-refractivity contribution is 5.82. The van der Waals surface area contributed by atoms with Gasteiger partial charge >= 0.3 is 0 Å². The number of rotatable bonds is 5. The first kappa shape index (κ1) is 12.0. The highest BCUT2D eigenvalue weighted by Crippen LogP contribution is 2.24. The molecule has 90 valence electrons. The molecule has 1 atom stereocenters. The van der Waals surface area contributed by atoms with E-state index in [4.69, 9.17) is 10.5 Å². The van der Waals surface area contributed by atoms with E-state index in [0.717, 1.165) is 30.4 Å². The van der Waals surface area contributed by atoms with Crippen LogP contribution in [0.1, 0.15) is 24.4 Å². The lowest BCUT2D eigenvalue weighted by molar-refractivity contribution is 0.190. The molecule has 0 saturated carbocycles. The predicted molar refractivity (Wildman–Crippen MR) is 69.8 cm³/mol. The van der Waals surface area contributed by atoms with Crippen molar-refractivity contribution in [3.8, 4) is 0 Å². The molecule has 1 aromatic heterocycles. The maximum absolute atomic E-state index is 6.22. The zero-order valence-corrected chi connectivity index (χ0v) is 10.1. The third-order valence-electron chi connectivity index (χ3n) is 2.94. The van der Waals surface area contributed by atoms with Crippen LogP contribution in [0.2, 0.25) is 0 Å². The average Bonchev–Trinajstić information content (AvgIpc) is 2.38. The summed E-state index contributed by atoms with van der Waals surface area (Å²) in [7, 11) is 1.72. The molecule has 0 fully saturated rings. The molecule has 0 saturated heterocycles. The summed E-state index contributed by atoms with van der Waals surface area (Å²) in [5.41, 5.74) is 8.40. The molecule has 2 aromatic rings. The predicted octanol–water partition coefficient (Wildman–Crippen LogP) is 2.66. The van der Waals surface area contributed by atoms with Crippen LogP contribution in [0.15, 0.2) is 36.5 Å². The van der Waals surface area contributed by atoms with Gasteiger partial charge in [0.25, 0.3) is 0 Å². The van der Waals surface area contributed by atoms with E-state index < -0.39 is 0 Å². The fourth-order valence-electron chi connectivity index (χ4n) is 2.05. The summed E-state index contributed by atoms with van der Waals surface area (Å²) < 4.78 is 5.05. The quantitative estimate of drug-likeness (QED) is 0.803. The molecular weight excluding hydrogens is 212 g/mol. The molecule has 2 N–H and O–H groups in total. The van der Waals surface area contributed by atoms with Gasteiger partial charge in [0, 0.05) is 31.3 Å². The molecule has 1 aromatic carbocycles. The van der Waals surface area contributed by atoms with E-state index in [1.807, 2.05) is 24.4 Å². The smallest absolute Gasteiger partial charge is 0.0705 e. The average molecular weight is 230 g/mol. The largest absolute Gasteiger partial charge is 0.385 e. The summed E-state index contributed by atoms with van der Waals surface area (Å²) in [6.07, 6.45) is 3.72. The number of pyridine rings is 1. The number of nitrogens with two attached hydrogens (primary N) is 1. The number of nitrogens with zero attached hydrogens (tertiary/aromatic N) is 1. The van der Waals surface area contributed by atoms with Gasteiger partial charge in [-0.3, -0.25) is 4.98 Å². The summed E-state index contributed by atoms with van der Waals surface area (Å²) >= 11 is 0. The molecule has 0 spiro atoms. The first-order valence-corrected chi connectivity index (χ1v) is 5.91. The zero-order chi connectivity index (χ0) is 12.1. The van der Waals surface area contributed by atoms with Crippen LogP contribution in [-0.4, -0.2) is 18.7 Å². The minimum absolute atomic E-state index is 0.0537. The van der Waals surface area contributed by atoms with Gasteiger partial charge in [-0.15, -0.1) is 0 Å². The molecule has 1 unspecified atom stereocenters. The van der Waals surface area contributed by atoms with Crippen LogP contribution in [0.3, 0.4) is 0 Å². The molecular formula is C14H18N2O. The number of benzene rings is 1. The van der Waals surface area contributed by atoms with Crippen molar-refractivity contribution in [2.45, 2.75) is 18.9 Å². The van der Waals surface area contributed by atoms with Crippen molar-refractivity contribution in [1.29, 1.82) is 0 Å². The number of hydrogen-bond donors (Lipinski definition) is 1. The Morgan fingerprint density at radius 1 is 1.29 bits per heavy atom. The van der Waals surface area contributed by atoms with Gasteiger partial charge in [0.1, 0.15) is 0 Å². The lowest BCUT2D eigenvalue weighted by atomic mass is 9.98. The van der Waals surface area contributed by atoms with Crippen LogP contribution < -0.4 is 5.73 Å². The van der Waals surface area contributed by atoms with Gasteiger partial charge in [-0.25, -0.2) is 0 Å². The normalized spacial score (nSPS) is 12.8. The minimum atomic E-state index is 0.0537. The molecule has 3 nitrogen and oxygen atoms in total. The van der Waals surface area contributed by atoms with Gasteiger partial charge < -0.3 is 10.5 Å². The third-order valence-corrected chi connectivity index (χ3v) is 2.94. The SMILES string of the molecule is COCCCC(N)c1cccc2ncccc12. The maximum atomic E-state index is 6.22. The van der Waals surface area contributed by atoms with Gasteiger partial charge in [0.05, 0.1) is 5.52 Å². The first-order chi connectivity index (χ1) is 8.33. The number of ether oxygens (including phenoxy) is 1. The van der Waals surface area contributed by atoms with Crippen molar-refractivity contribution >= 4 is 10.9 Å². The molecule has 2 rings (SSSR count). The Balaban J connectivity index is 2.22. The molecule has 0 aliphatic carbocycles. The number of hydrogen-bond acceptors (Lipinski definition) is 3. The van der Waals surface area contributed by atoms with E-state index in [9.17, 15) is 0 Å². The highest BCUT2D eigenvalue weighted by Gasteiger charge is 2.09. The number of aromatic nitrogens is 1. The monoisotopic (exact) mass is 230 g/mol. The molecule has 17 heavy (non-hydrogen) atoms. The fraction of sp³-hybridized carbons (Fsp3) is 0.357. The van der Waals surface area contributed by atoms with Crippen LogP contribution >= 0.6 is 0 Å². The second kappa shape index (κ2) is 5.75. The van der Waals surface area contributed by atoms with Gasteiger partial charge in [-0.1, -0.05) is 18.2 Å². The van der Waals surface area contributed by atoms with Crippen molar-refractivity contribution in [3.05, 3.63) is 42.1 Å². The Kier molecular flexibility index (Phi) is 4.07. The Labute approximate surface area is 102 Å². The number of fused-ring (bicyclic) bond motifs is 1. The highest BCUT2D eigenvalue weighted by atomic mass is 16.5. The summed E-state index contributed by atoms with van der Waals surface area (Å²) in [5.74, 6) is 0. The van der Waals surface area contributed by atoms with E-state index in [0.29, 0.717) is 0 Å². The Morgan fingerprint density at radius 2 is 2.18 bits per heavy atom. The zero-order valence-electron chi connectivity index (χ0n) is 10.1. The van der Waals surface area contributed by atoms with Gasteiger partial charge in [-0.2, -0.15) is 0 Å². The standard InChI is InChI=1S/C14H18N2O/c1-17-10-4-7-13(15)11-5-2-8-14-12(11)6-3-9-16-14/h2-3,5-6,8-9,13H,4,7,10,15H2,1H3. The Bertz CT molecular complexity index is 479. The van der Waals surface area contributed by atoms with Crippen molar-refractivity contribution in [2.75, 3.05) is 13.7 Å². The summed E-state index contributed by atoms with van der Waals surface area (Å²) in [6, 6.07) is 10.2. The first-order valence-electron chi connectivity index (χ1n) is 5.91. The second-order valence-electron chi connectivity index (χ2n) is 4.16. The molecule has 0 radical (unpaired) electrons. The van der Waals surface area contributed by atoms with E-state index in [1.54, 1.807) is 7.11 Å².